The van der Waals surface area contributed by atoms with E-state index in [2.05, 4.69) is 16.9 Å². The van der Waals surface area contributed by atoms with E-state index in [4.69, 9.17) is 0 Å². The second-order valence-electron chi connectivity index (χ2n) is 6.21. The molecule has 0 spiro atoms. The van der Waals surface area contributed by atoms with Gasteiger partial charge in [-0.25, -0.2) is 9.97 Å². The van der Waals surface area contributed by atoms with Crippen LogP contribution in [0.4, 0.5) is 11.5 Å². The lowest BCUT2D eigenvalue weighted by molar-refractivity contribution is 0.0602. The van der Waals surface area contributed by atoms with Crippen molar-refractivity contribution >= 4 is 17.4 Å². The Morgan fingerprint density at radius 1 is 1.25 bits per heavy atom. The molecule has 1 fully saturated rings. The monoisotopic (exact) mass is 324 g/mol. The second kappa shape index (κ2) is 7.43. The van der Waals surface area contributed by atoms with Gasteiger partial charge in [0.15, 0.2) is 0 Å². The Balaban J connectivity index is 1.83. The van der Waals surface area contributed by atoms with Crippen LogP contribution in [0, 0.1) is 0 Å². The molecule has 0 saturated carbocycles. The van der Waals surface area contributed by atoms with Gasteiger partial charge >= 0.3 is 0 Å². The first-order valence-electron chi connectivity index (χ1n) is 8.62. The molecular formula is C19H24N4O. The number of anilines is 2. The first-order chi connectivity index (χ1) is 11.7. The van der Waals surface area contributed by atoms with Crippen molar-refractivity contribution in [2.75, 3.05) is 18.5 Å². The van der Waals surface area contributed by atoms with E-state index in [1.165, 1.54) is 12.7 Å². The predicted molar refractivity (Wildman–Crippen MR) is 95.5 cm³/mol. The Kier molecular flexibility index (Phi) is 5.08. The Bertz CT molecular complexity index is 689. The first-order valence-corrected chi connectivity index (χ1v) is 8.62. The smallest absolute Gasteiger partial charge is 0.272 e. The van der Waals surface area contributed by atoms with E-state index in [0.717, 1.165) is 37.3 Å². The van der Waals surface area contributed by atoms with Crippen molar-refractivity contribution in [3.8, 4) is 0 Å². The summed E-state index contributed by atoms with van der Waals surface area (Å²) in [6, 6.07) is 12.1. The van der Waals surface area contributed by atoms with E-state index >= 15 is 0 Å². The van der Waals surface area contributed by atoms with Crippen LogP contribution >= 0.6 is 0 Å². The van der Waals surface area contributed by atoms with Crippen LogP contribution in [0.3, 0.4) is 0 Å². The summed E-state index contributed by atoms with van der Waals surface area (Å²) in [5.41, 5.74) is 1.50. The fourth-order valence-electron chi connectivity index (χ4n) is 3.27. The minimum atomic E-state index is 0.0201. The van der Waals surface area contributed by atoms with Crippen LogP contribution < -0.4 is 4.90 Å². The van der Waals surface area contributed by atoms with Gasteiger partial charge in [0.1, 0.15) is 17.8 Å². The highest BCUT2D eigenvalue weighted by Gasteiger charge is 2.27. The number of hydrogen-bond donors (Lipinski definition) is 0. The molecule has 0 aliphatic carbocycles. The first kappa shape index (κ1) is 16.4. The Labute approximate surface area is 143 Å². The van der Waals surface area contributed by atoms with Crippen molar-refractivity contribution in [3.63, 3.8) is 0 Å². The summed E-state index contributed by atoms with van der Waals surface area (Å²) in [4.78, 5) is 25.4. The summed E-state index contributed by atoms with van der Waals surface area (Å²) in [5.74, 6) is 0.747. The average Bonchev–Trinajstić information content (AvgIpc) is 2.67. The molecule has 1 aromatic carbocycles. The number of carbonyl (C=O) groups excluding carboxylic acids is 1. The molecule has 1 saturated heterocycles. The van der Waals surface area contributed by atoms with E-state index < -0.39 is 0 Å². The zero-order valence-corrected chi connectivity index (χ0v) is 14.4. The van der Waals surface area contributed by atoms with E-state index in [-0.39, 0.29) is 5.91 Å². The number of nitrogens with zero attached hydrogens (tertiary/aromatic N) is 4. The van der Waals surface area contributed by atoms with Crippen molar-refractivity contribution < 1.29 is 4.79 Å². The van der Waals surface area contributed by atoms with Crippen LogP contribution in [0.2, 0.25) is 0 Å². The Hall–Kier alpha value is -2.43. The van der Waals surface area contributed by atoms with E-state index in [9.17, 15) is 4.79 Å². The molecule has 126 valence electrons. The summed E-state index contributed by atoms with van der Waals surface area (Å²) >= 11 is 0. The average molecular weight is 324 g/mol. The van der Waals surface area contributed by atoms with Gasteiger partial charge in [0.05, 0.1) is 0 Å². The number of benzene rings is 1. The Morgan fingerprint density at radius 3 is 2.79 bits per heavy atom. The minimum absolute atomic E-state index is 0.0201. The molecule has 1 unspecified atom stereocenters. The fourth-order valence-corrected chi connectivity index (χ4v) is 3.27. The van der Waals surface area contributed by atoms with Gasteiger partial charge < -0.3 is 9.80 Å². The van der Waals surface area contributed by atoms with Gasteiger partial charge in [-0.1, -0.05) is 25.1 Å². The maximum atomic E-state index is 12.9. The number of likely N-dealkylation sites (tertiary alicyclic amines) is 1. The SMILES string of the molecule is CCC1CCCCN1C(=O)c1cc(N(C)c2ccccc2)ncn1. The predicted octanol–water partition coefficient (Wildman–Crippen LogP) is 3.65. The van der Waals surface area contributed by atoms with Gasteiger partial charge in [-0.05, 0) is 37.8 Å². The maximum Gasteiger partial charge on any atom is 0.272 e. The highest BCUT2D eigenvalue weighted by atomic mass is 16.2. The molecule has 0 radical (unpaired) electrons. The van der Waals surface area contributed by atoms with Gasteiger partial charge in [-0.3, -0.25) is 4.79 Å². The third kappa shape index (κ3) is 3.40. The van der Waals surface area contributed by atoms with Crippen LogP contribution in [0.15, 0.2) is 42.7 Å². The van der Waals surface area contributed by atoms with Crippen LogP contribution in [-0.4, -0.2) is 40.4 Å². The normalized spacial score (nSPS) is 17.6. The number of carbonyl (C=O) groups is 1. The summed E-state index contributed by atoms with van der Waals surface area (Å²) in [6.45, 7) is 2.97. The van der Waals surface area contributed by atoms with Crippen molar-refractivity contribution in [2.45, 2.75) is 38.6 Å². The molecule has 0 bridgehead atoms. The van der Waals surface area contributed by atoms with Crippen molar-refractivity contribution in [3.05, 3.63) is 48.4 Å². The largest absolute Gasteiger partial charge is 0.334 e. The molecule has 1 amide bonds. The van der Waals surface area contributed by atoms with Gasteiger partial charge in [-0.15, -0.1) is 0 Å². The molecule has 5 heteroatoms. The van der Waals surface area contributed by atoms with Crippen molar-refractivity contribution in [1.82, 2.24) is 14.9 Å². The lowest BCUT2D eigenvalue weighted by atomic mass is 9.99. The van der Waals surface area contributed by atoms with Crippen LogP contribution in [0.25, 0.3) is 0 Å². The molecule has 1 aliphatic rings. The Morgan fingerprint density at radius 2 is 2.04 bits per heavy atom. The summed E-state index contributed by atoms with van der Waals surface area (Å²) in [6.07, 6.45) is 5.84. The van der Waals surface area contributed by atoms with Gasteiger partial charge in [0.25, 0.3) is 5.91 Å². The van der Waals surface area contributed by atoms with Gasteiger partial charge in [0, 0.05) is 31.4 Å². The van der Waals surface area contributed by atoms with Gasteiger partial charge in [-0.2, -0.15) is 0 Å². The van der Waals surface area contributed by atoms with E-state index in [1.807, 2.05) is 47.2 Å². The third-order valence-corrected chi connectivity index (χ3v) is 4.72. The molecule has 3 rings (SSSR count). The maximum absolute atomic E-state index is 12.9. The summed E-state index contributed by atoms with van der Waals surface area (Å²) in [7, 11) is 1.95. The molecule has 24 heavy (non-hydrogen) atoms. The fraction of sp³-hybridized carbons (Fsp3) is 0.421. The minimum Gasteiger partial charge on any atom is -0.334 e. The van der Waals surface area contributed by atoms with Crippen LogP contribution in [-0.2, 0) is 0 Å². The highest BCUT2D eigenvalue weighted by Crippen LogP contribution is 2.24. The number of piperidine rings is 1. The van der Waals surface area contributed by atoms with Gasteiger partial charge in [0.2, 0.25) is 0 Å². The summed E-state index contributed by atoms with van der Waals surface area (Å²) in [5, 5.41) is 0. The molecule has 1 aromatic heterocycles. The number of aromatic nitrogens is 2. The standard InChI is InChI=1S/C19H24N4O/c1-3-15-9-7-8-12-23(15)19(24)17-13-18(21-14-20-17)22(2)16-10-5-4-6-11-16/h4-6,10-11,13-15H,3,7-9,12H2,1-2H3. The second-order valence-corrected chi connectivity index (χ2v) is 6.21. The molecule has 5 nitrogen and oxygen atoms in total. The topological polar surface area (TPSA) is 49.3 Å². The lowest BCUT2D eigenvalue weighted by Gasteiger charge is -2.35. The summed E-state index contributed by atoms with van der Waals surface area (Å²) < 4.78 is 0. The lowest BCUT2D eigenvalue weighted by Crippen LogP contribution is -2.43. The zero-order valence-electron chi connectivity index (χ0n) is 14.4. The van der Waals surface area contributed by atoms with Crippen molar-refractivity contribution in [2.24, 2.45) is 0 Å². The number of rotatable bonds is 4. The molecule has 1 atom stereocenters. The number of amides is 1. The number of hydrogen-bond acceptors (Lipinski definition) is 4. The zero-order chi connectivity index (χ0) is 16.9. The van der Waals surface area contributed by atoms with Crippen LogP contribution in [0.1, 0.15) is 43.1 Å². The van der Waals surface area contributed by atoms with Crippen molar-refractivity contribution in [1.29, 1.82) is 0 Å². The molecule has 2 heterocycles. The molecule has 2 aromatic rings. The molecule has 1 aliphatic heterocycles. The quantitative estimate of drug-likeness (QED) is 0.861. The highest BCUT2D eigenvalue weighted by molar-refractivity contribution is 5.93. The number of para-hydroxylation sites is 1. The molecular weight excluding hydrogens is 300 g/mol. The van der Waals surface area contributed by atoms with E-state index in [0.29, 0.717) is 11.7 Å². The van der Waals surface area contributed by atoms with E-state index in [1.54, 1.807) is 6.07 Å². The molecule has 0 N–H and O–H groups in total. The third-order valence-electron chi connectivity index (χ3n) is 4.72. The van der Waals surface area contributed by atoms with Crippen LogP contribution in [0.5, 0.6) is 0 Å².